The van der Waals surface area contributed by atoms with Gasteiger partial charge in [0.1, 0.15) is 5.75 Å². The van der Waals surface area contributed by atoms with Crippen LogP contribution in [0.1, 0.15) is 6.92 Å². The van der Waals surface area contributed by atoms with E-state index in [4.69, 9.17) is 4.74 Å². The van der Waals surface area contributed by atoms with E-state index < -0.39 is 0 Å². The molecule has 68 valence electrons. The van der Waals surface area contributed by atoms with E-state index in [2.05, 4.69) is 35.9 Å². The summed E-state index contributed by atoms with van der Waals surface area (Å²) in [4.78, 5) is 0. The van der Waals surface area contributed by atoms with Crippen LogP contribution in [0.15, 0.2) is 30.5 Å². The van der Waals surface area contributed by atoms with Gasteiger partial charge in [0, 0.05) is 18.8 Å². The average molecular weight is 175 g/mol. The highest BCUT2D eigenvalue weighted by molar-refractivity contribution is 5.81. The minimum atomic E-state index is 0.918. The van der Waals surface area contributed by atoms with Gasteiger partial charge in [0.25, 0.3) is 0 Å². The first kappa shape index (κ1) is 8.17. The monoisotopic (exact) mass is 175 g/mol. The molecule has 0 spiro atoms. The predicted molar refractivity (Wildman–Crippen MR) is 54.2 cm³/mol. The van der Waals surface area contributed by atoms with Crippen molar-refractivity contribution in [3.05, 3.63) is 30.5 Å². The van der Waals surface area contributed by atoms with Gasteiger partial charge in [0.15, 0.2) is 0 Å². The summed E-state index contributed by atoms with van der Waals surface area (Å²) >= 11 is 0. The summed E-state index contributed by atoms with van der Waals surface area (Å²) in [6.45, 7) is 3.13. The molecule has 0 saturated heterocycles. The number of aromatic nitrogens is 1. The Morgan fingerprint density at radius 3 is 2.85 bits per heavy atom. The maximum Gasteiger partial charge on any atom is 0.120 e. The quantitative estimate of drug-likeness (QED) is 0.684. The molecular formula is C11H13NO. The van der Waals surface area contributed by atoms with E-state index in [-0.39, 0.29) is 0 Å². The highest BCUT2D eigenvalue weighted by atomic mass is 16.5. The minimum Gasteiger partial charge on any atom is -0.497 e. The second-order valence-electron chi connectivity index (χ2n) is 3.03. The Morgan fingerprint density at radius 1 is 1.31 bits per heavy atom. The Kier molecular flexibility index (Phi) is 1.97. The average Bonchev–Trinajstić information content (AvgIpc) is 2.59. The van der Waals surface area contributed by atoms with Crippen molar-refractivity contribution in [2.75, 3.05) is 7.11 Å². The van der Waals surface area contributed by atoms with Gasteiger partial charge in [-0.3, -0.25) is 0 Å². The third-order valence-electron chi connectivity index (χ3n) is 2.32. The van der Waals surface area contributed by atoms with Gasteiger partial charge in [-0.1, -0.05) is 0 Å². The summed E-state index contributed by atoms with van der Waals surface area (Å²) in [5, 5.41) is 1.27. The van der Waals surface area contributed by atoms with E-state index in [1.807, 2.05) is 6.07 Å². The molecule has 2 heteroatoms. The summed E-state index contributed by atoms with van der Waals surface area (Å²) in [6, 6.07) is 8.26. The lowest BCUT2D eigenvalue weighted by molar-refractivity contribution is 0.415. The van der Waals surface area contributed by atoms with Gasteiger partial charge in [0.05, 0.1) is 12.6 Å². The fraction of sp³-hybridized carbons (Fsp3) is 0.273. The predicted octanol–water partition coefficient (Wildman–Crippen LogP) is 2.67. The normalized spacial score (nSPS) is 10.6. The van der Waals surface area contributed by atoms with Crippen molar-refractivity contribution in [3.8, 4) is 5.75 Å². The molecule has 0 fully saturated rings. The van der Waals surface area contributed by atoms with Crippen LogP contribution in [0.5, 0.6) is 5.75 Å². The van der Waals surface area contributed by atoms with Gasteiger partial charge >= 0.3 is 0 Å². The SMILES string of the molecule is CCn1ccc2ccc(OC)cc21. The summed E-state index contributed by atoms with van der Waals surface area (Å²) in [5.74, 6) is 0.918. The number of benzene rings is 1. The van der Waals surface area contributed by atoms with E-state index >= 15 is 0 Å². The molecular weight excluding hydrogens is 162 g/mol. The molecule has 0 unspecified atom stereocenters. The van der Waals surface area contributed by atoms with Crippen LogP contribution in [0.3, 0.4) is 0 Å². The lowest BCUT2D eigenvalue weighted by Crippen LogP contribution is -1.91. The van der Waals surface area contributed by atoms with Crippen molar-refractivity contribution in [2.45, 2.75) is 13.5 Å². The third-order valence-corrected chi connectivity index (χ3v) is 2.32. The molecule has 0 bridgehead atoms. The van der Waals surface area contributed by atoms with Crippen molar-refractivity contribution in [1.29, 1.82) is 0 Å². The first-order valence-electron chi connectivity index (χ1n) is 4.48. The molecule has 2 aromatic rings. The number of nitrogens with zero attached hydrogens (tertiary/aromatic N) is 1. The highest BCUT2D eigenvalue weighted by Crippen LogP contribution is 2.21. The summed E-state index contributed by atoms with van der Waals surface area (Å²) in [7, 11) is 1.69. The van der Waals surface area contributed by atoms with Gasteiger partial charge in [-0.2, -0.15) is 0 Å². The Balaban J connectivity index is 2.64. The molecule has 0 amide bonds. The topological polar surface area (TPSA) is 14.2 Å². The Labute approximate surface area is 77.7 Å². The van der Waals surface area contributed by atoms with Crippen molar-refractivity contribution in [3.63, 3.8) is 0 Å². The standard InChI is InChI=1S/C11H13NO/c1-3-12-7-6-9-4-5-10(13-2)8-11(9)12/h4-8H,3H2,1-2H3. The molecule has 0 saturated carbocycles. The number of fused-ring (bicyclic) bond motifs is 1. The van der Waals surface area contributed by atoms with Crippen LogP contribution in [-0.4, -0.2) is 11.7 Å². The maximum absolute atomic E-state index is 5.18. The molecule has 1 heterocycles. The van der Waals surface area contributed by atoms with Crippen LogP contribution in [0, 0.1) is 0 Å². The molecule has 1 aromatic heterocycles. The minimum absolute atomic E-state index is 0.918. The molecule has 13 heavy (non-hydrogen) atoms. The first-order chi connectivity index (χ1) is 6.35. The first-order valence-corrected chi connectivity index (χ1v) is 4.48. The fourth-order valence-electron chi connectivity index (χ4n) is 1.57. The lowest BCUT2D eigenvalue weighted by atomic mass is 10.2. The molecule has 0 aliphatic heterocycles. The zero-order valence-electron chi connectivity index (χ0n) is 7.95. The molecule has 0 atom stereocenters. The van der Waals surface area contributed by atoms with Crippen LogP contribution in [0.25, 0.3) is 10.9 Å². The van der Waals surface area contributed by atoms with Gasteiger partial charge < -0.3 is 9.30 Å². The van der Waals surface area contributed by atoms with E-state index in [1.165, 1.54) is 10.9 Å². The zero-order valence-corrected chi connectivity index (χ0v) is 7.95. The lowest BCUT2D eigenvalue weighted by Gasteiger charge is -2.02. The maximum atomic E-state index is 5.18. The Bertz CT molecular complexity index is 417. The van der Waals surface area contributed by atoms with Gasteiger partial charge in [-0.15, -0.1) is 0 Å². The van der Waals surface area contributed by atoms with E-state index in [9.17, 15) is 0 Å². The number of rotatable bonds is 2. The summed E-state index contributed by atoms with van der Waals surface area (Å²) in [6.07, 6.45) is 2.10. The Morgan fingerprint density at radius 2 is 2.15 bits per heavy atom. The number of hydrogen-bond donors (Lipinski definition) is 0. The molecule has 0 aliphatic rings. The summed E-state index contributed by atoms with van der Waals surface area (Å²) in [5.41, 5.74) is 1.24. The molecule has 0 N–H and O–H groups in total. The van der Waals surface area contributed by atoms with Crippen LogP contribution >= 0.6 is 0 Å². The van der Waals surface area contributed by atoms with E-state index in [0.29, 0.717) is 0 Å². The van der Waals surface area contributed by atoms with Crippen molar-refractivity contribution < 1.29 is 4.74 Å². The van der Waals surface area contributed by atoms with Gasteiger partial charge in [-0.05, 0) is 30.5 Å². The largest absolute Gasteiger partial charge is 0.497 e. The molecule has 1 aromatic carbocycles. The third kappa shape index (κ3) is 1.28. The van der Waals surface area contributed by atoms with Crippen LogP contribution in [-0.2, 0) is 6.54 Å². The smallest absolute Gasteiger partial charge is 0.120 e. The number of ether oxygens (including phenoxy) is 1. The molecule has 2 nitrogen and oxygen atoms in total. The van der Waals surface area contributed by atoms with Gasteiger partial charge in [0.2, 0.25) is 0 Å². The highest BCUT2D eigenvalue weighted by Gasteiger charge is 2.00. The zero-order chi connectivity index (χ0) is 9.26. The molecule has 2 rings (SSSR count). The second-order valence-corrected chi connectivity index (χ2v) is 3.03. The number of methoxy groups -OCH3 is 1. The number of aryl methyl sites for hydroxylation is 1. The van der Waals surface area contributed by atoms with Gasteiger partial charge in [-0.25, -0.2) is 0 Å². The van der Waals surface area contributed by atoms with E-state index in [1.54, 1.807) is 7.11 Å². The van der Waals surface area contributed by atoms with Crippen molar-refractivity contribution in [2.24, 2.45) is 0 Å². The van der Waals surface area contributed by atoms with Crippen LogP contribution < -0.4 is 4.74 Å². The van der Waals surface area contributed by atoms with Crippen LogP contribution in [0.4, 0.5) is 0 Å². The van der Waals surface area contributed by atoms with Crippen molar-refractivity contribution >= 4 is 10.9 Å². The van der Waals surface area contributed by atoms with Crippen LogP contribution in [0.2, 0.25) is 0 Å². The Hall–Kier alpha value is -1.44. The molecule has 0 aliphatic carbocycles. The fourth-order valence-corrected chi connectivity index (χ4v) is 1.57. The summed E-state index contributed by atoms with van der Waals surface area (Å²) < 4.78 is 7.38. The van der Waals surface area contributed by atoms with E-state index in [0.717, 1.165) is 12.3 Å². The molecule has 0 radical (unpaired) electrons. The van der Waals surface area contributed by atoms with Crippen molar-refractivity contribution in [1.82, 2.24) is 4.57 Å². The number of hydrogen-bond acceptors (Lipinski definition) is 1. The second kappa shape index (κ2) is 3.13.